The smallest absolute Gasteiger partial charge is 0.171 e. The molecule has 1 aromatic carbocycles. The fraction of sp³-hybridized carbons (Fsp3) is 0.562. The SMILES string of the molecule is S=C1NCN(CCc2ccccc2)CN1C[C@@H]1CCCO1. The fourth-order valence-corrected chi connectivity index (χ4v) is 3.10. The van der Waals surface area contributed by atoms with Gasteiger partial charge >= 0.3 is 0 Å². The summed E-state index contributed by atoms with van der Waals surface area (Å²) in [5, 5.41) is 4.18. The second-order valence-electron chi connectivity index (χ2n) is 5.77. The summed E-state index contributed by atoms with van der Waals surface area (Å²) >= 11 is 5.42. The maximum Gasteiger partial charge on any atom is 0.171 e. The monoisotopic (exact) mass is 305 g/mol. The molecular formula is C16H23N3OS. The molecule has 0 aliphatic carbocycles. The maximum absolute atomic E-state index is 5.72. The maximum atomic E-state index is 5.72. The Hall–Kier alpha value is -1.17. The van der Waals surface area contributed by atoms with Crippen molar-refractivity contribution in [2.45, 2.75) is 25.4 Å². The van der Waals surface area contributed by atoms with E-state index in [4.69, 9.17) is 17.0 Å². The number of thiocarbonyl (C=S) groups is 1. The summed E-state index contributed by atoms with van der Waals surface area (Å²) in [5.74, 6) is 0. The molecule has 2 aliphatic rings. The van der Waals surface area contributed by atoms with Crippen LogP contribution in [0.1, 0.15) is 18.4 Å². The van der Waals surface area contributed by atoms with Gasteiger partial charge in [-0.05, 0) is 37.0 Å². The summed E-state index contributed by atoms with van der Waals surface area (Å²) in [4.78, 5) is 4.64. The first kappa shape index (κ1) is 14.8. The highest BCUT2D eigenvalue weighted by Crippen LogP contribution is 2.15. The number of hydrogen-bond donors (Lipinski definition) is 1. The summed E-state index contributed by atoms with van der Waals surface area (Å²) in [7, 11) is 0. The van der Waals surface area contributed by atoms with Crippen LogP contribution in [0.3, 0.4) is 0 Å². The normalized spacial score (nSPS) is 23.3. The zero-order valence-corrected chi connectivity index (χ0v) is 13.1. The van der Waals surface area contributed by atoms with Crippen LogP contribution in [0, 0.1) is 0 Å². The number of nitrogens with one attached hydrogen (secondary N) is 1. The Kier molecular flexibility index (Phi) is 5.06. The van der Waals surface area contributed by atoms with Gasteiger partial charge in [0.15, 0.2) is 5.11 Å². The van der Waals surface area contributed by atoms with E-state index in [1.54, 1.807) is 0 Å². The number of rotatable bonds is 5. The van der Waals surface area contributed by atoms with Gasteiger partial charge in [-0.2, -0.15) is 0 Å². The number of benzene rings is 1. The van der Waals surface area contributed by atoms with E-state index in [-0.39, 0.29) is 0 Å². The molecule has 2 aliphatic heterocycles. The van der Waals surface area contributed by atoms with E-state index < -0.39 is 0 Å². The fourth-order valence-electron chi connectivity index (χ4n) is 2.90. The van der Waals surface area contributed by atoms with Crippen molar-refractivity contribution in [3.05, 3.63) is 35.9 Å². The molecule has 114 valence electrons. The average molecular weight is 305 g/mol. The van der Waals surface area contributed by atoms with Gasteiger partial charge in [-0.3, -0.25) is 4.90 Å². The van der Waals surface area contributed by atoms with E-state index >= 15 is 0 Å². The zero-order valence-electron chi connectivity index (χ0n) is 12.3. The minimum Gasteiger partial charge on any atom is -0.376 e. The quantitative estimate of drug-likeness (QED) is 0.838. The Morgan fingerprint density at radius 3 is 2.90 bits per heavy atom. The number of nitrogens with zero attached hydrogens (tertiary/aromatic N) is 2. The lowest BCUT2D eigenvalue weighted by Crippen LogP contribution is -2.57. The second-order valence-corrected chi connectivity index (χ2v) is 6.16. The lowest BCUT2D eigenvalue weighted by Gasteiger charge is -2.39. The van der Waals surface area contributed by atoms with Gasteiger partial charge in [0.05, 0.1) is 19.4 Å². The molecule has 0 bridgehead atoms. The average Bonchev–Trinajstić information content (AvgIpc) is 3.02. The molecule has 4 nitrogen and oxygen atoms in total. The van der Waals surface area contributed by atoms with E-state index in [0.29, 0.717) is 6.10 Å². The van der Waals surface area contributed by atoms with Gasteiger partial charge in [0.25, 0.3) is 0 Å². The first-order valence-corrected chi connectivity index (χ1v) is 8.13. The minimum absolute atomic E-state index is 0.346. The molecule has 0 saturated carbocycles. The Bertz CT molecular complexity index is 462. The molecule has 2 saturated heterocycles. The van der Waals surface area contributed by atoms with Crippen LogP contribution in [0.15, 0.2) is 30.3 Å². The van der Waals surface area contributed by atoms with Gasteiger partial charge in [0.2, 0.25) is 0 Å². The van der Waals surface area contributed by atoms with Crippen LogP contribution in [0.25, 0.3) is 0 Å². The number of hydrogen-bond acceptors (Lipinski definition) is 3. The largest absolute Gasteiger partial charge is 0.376 e. The third-order valence-corrected chi connectivity index (χ3v) is 4.52. The first-order valence-electron chi connectivity index (χ1n) is 7.72. The Morgan fingerprint density at radius 1 is 1.29 bits per heavy atom. The number of ether oxygens (including phenoxy) is 1. The molecule has 1 aromatic rings. The first-order chi connectivity index (χ1) is 10.3. The van der Waals surface area contributed by atoms with Crippen LogP contribution in [0.4, 0.5) is 0 Å². The molecule has 5 heteroatoms. The third kappa shape index (κ3) is 4.15. The van der Waals surface area contributed by atoms with E-state index in [1.807, 2.05) is 0 Å². The summed E-state index contributed by atoms with van der Waals surface area (Å²) in [5.41, 5.74) is 1.39. The van der Waals surface area contributed by atoms with Gasteiger partial charge in [-0.15, -0.1) is 0 Å². The van der Waals surface area contributed by atoms with Crippen LogP contribution in [0.5, 0.6) is 0 Å². The van der Waals surface area contributed by atoms with Crippen LogP contribution in [-0.4, -0.2) is 54.0 Å². The van der Waals surface area contributed by atoms with Crippen LogP contribution in [0.2, 0.25) is 0 Å². The van der Waals surface area contributed by atoms with E-state index in [9.17, 15) is 0 Å². The molecule has 2 heterocycles. The molecule has 1 N–H and O–H groups in total. The summed E-state index contributed by atoms with van der Waals surface area (Å²) in [6.45, 7) is 4.60. The molecular weight excluding hydrogens is 282 g/mol. The van der Waals surface area contributed by atoms with Crippen LogP contribution in [-0.2, 0) is 11.2 Å². The van der Waals surface area contributed by atoms with Crippen molar-refractivity contribution in [2.75, 3.05) is 33.0 Å². The molecule has 0 radical (unpaired) electrons. The van der Waals surface area contributed by atoms with Gasteiger partial charge in [0.1, 0.15) is 0 Å². The summed E-state index contributed by atoms with van der Waals surface area (Å²) < 4.78 is 5.72. The Balaban J connectivity index is 1.49. The summed E-state index contributed by atoms with van der Waals surface area (Å²) in [6, 6.07) is 10.6. The van der Waals surface area contributed by atoms with E-state index in [1.165, 1.54) is 12.0 Å². The molecule has 0 unspecified atom stereocenters. The highest BCUT2D eigenvalue weighted by atomic mass is 32.1. The highest BCUT2D eigenvalue weighted by molar-refractivity contribution is 7.80. The Labute approximate surface area is 132 Å². The van der Waals surface area contributed by atoms with Gasteiger partial charge in [-0.25, -0.2) is 0 Å². The Morgan fingerprint density at radius 2 is 2.14 bits per heavy atom. The predicted octanol–water partition coefficient (Wildman–Crippen LogP) is 1.82. The second kappa shape index (κ2) is 7.20. The molecule has 2 fully saturated rings. The standard InChI is InChI=1S/C16H23N3OS/c21-16-17-12-18(9-8-14-5-2-1-3-6-14)13-19(16)11-15-7-4-10-20-15/h1-3,5-6,15H,4,7-13H2,(H,17,21)/t15-/m0/s1. The lowest BCUT2D eigenvalue weighted by molar-refractivity contribution is 0.0661. The molecule has 1 atom stereocenters. The van der Waals surface area contributed by atoms with Crippen molar-refractivity contribution in [2.24, 2.45) is 0 Å². The molecule has 0 amide bonds. The van der Waals surface area contributed by atoms with Crippen molar-refractivity contribution in [3.63, 3.8) is 0 Å². The molecule has 0 aromatic heterocycles. The highest BCUT2D eigenvalue weighted by Gasteiger charge is 2.25. The van der Waals surface area contributed by atoms with Crippen molar-refractivity contribution in [1.82, 2.24) is 15.1 Å². The summed E-state index contributed by atoms with van der Waals surface area (Å²) in [6.07, 6.45) is 3.75. The lowest BCUT2D eigenvalue weighted by atomic mass is 10.1. The molecule has 0 spiro atoms. The van der Waals surface area contributed by atoms with Gasteiger partial charge < -0.3 is 15.0 Å². The van der Waals surface area contributed by atoms with Crippen LogP contribution < -0.4 is 5.32 Å². The van der Waals surface area contributed by atoms with Gasteiger partial charge in [0, 0.05) is 19.7 Å². The van der Waals surface area contributed by atoms with Crippen LogP contribution >= 0.6 is 12.2 Å². The van der Waals surface area contributed by atoms with Crippen molar-refractivity contribution in [1.29, 1.82) is 0 Å². The van der Waals surface area contributed by atoms with Gasteiger partial charge in [-0.1, -0.05) is 30.3 Å². The van der Waals surface area contributed by atoms with Crippen molar-refractivity contribution >= 4 is 17.3 Å². The van der Waals surface area contributed by atoms with Crippen molar-refractivity contribution < 1.29 is 4.74 Å². The van der Waals surface area contributed by atoms with E-state index in [2.05, 4.69) is 45.4 Å². The van der Waals surface area contributed by atoms with E-state index in [0.717, 1.165) is 51.0 Å². The minimum atomic E-state index is 0.346. The molecule has 21 heavy (non-hydrogen) atoms. The third-order valence-electron chi connectivity index (χ3n) is 4.12. The van der Waals surface area contributed by atoms with Crippen molar-refractivity contribution in [3.8, 4) is 0 Å². The predicted molar refractivity (Wildman–Crippen MR) is 88.0 cm³/mol. The zero-order chi connectivity index (χ0) is 14.5. The molecule has 3 rings (SSSR count). The topological polar surface area (TPSA) is 27.7 Å².